The monoisotopic (exact) mass is 317 g/mol. The zero-order chi connectivity index (χ0) is 11.5. The van der Waals surface area contributed by atoms with Crippen molar-refractivity contribution in [3.05, 3.63) is 36.9 Å². The predicted molar refractivity (Wildman–Crippen MR) is 72.6 cm³/mol. The fraction of sp³-hybridized carbons (Fsp3) is 0.300. The van der Waals surface area contributed by atoms with E-state index in [1.807, 2.05) is 6.92 Å². The number of nitrogens with one attached hydrogen (secondary N) is 1. The quantitative estimate of drug-likeness (QED) is 0.673. The molecule has 3 nitrogen and oxygen atoms in total. The van der Waals surface area contributed by atoms with Gasteiger partial charge in [0.2, 0.25) is 0 Å². The van der Waals surface area contributed by atoms with E-state index in [0.29, 0.717) is 0 Å². The number of hydrogen-bond donors (Lipinski definition) is 2. The Balaban J connectivity index is 2.12. The summed E-state index contributed by atoms with van der Waals surface area (Å²) in [6, 6.07) is 2.23. The van der Waals surface area contributed by atoms with Gasteiger partial charge in [0.1, 0.15) is 0 Å². The highest BCUT2D eigenvalue weighted by molar-refractivity contribution is 9.10. The van der Waals surface area contributed by atoms with Crippen molar-refractivity contribution in [2.24, 2.45) is 5.84 Å². The Hall–Kier alpha value is -0.270. The molecule has 0 fully saturated rings. The number of nitrogens with two attached hydrogens (primary N) is 1. The average Bonchev–Trinajstić information content (AvgIpc) is 2.84. The van der Waals surface area contributed by atoms with Crippen LogP contribution in [-0.4, -0.2) is 4.98 Å². The third-order valence-corrected chi connectivity index (χ3v) is 4.84. The number of aromatic nitrogens is 1. The SMILES string of the molecule is Cc1nc(CC(NN)c2cc(Br)cs2)cs1. The summed E-state index contributed by atoms with van der Waals surface area (Å²) in [5.74, 6) is 5.59. The molecule has 2 aromatic rings. The van der Waals surface area contributed by atoms with Crippen molar-refractivity contribution in [2.45, 2.75) is 19.4 Å². The van der Waals surface area contributed by atoms with Gasteiger partial charge >= 0.3 is 0 Å². The first-order valence-electron chi connectivity index (χ1n) is 4.80. The van der Waals surface area contributed by atoms with E-state index >= 15 is 0 Å². The fourth-order valence-corrected chi connectivity index (χ4v) is 3.60. The maximum absolute atomic E-state index is 5.59. The summed E-state index contributed by atoms with van der Waals surface area (Å²) >= 11 is 6.81. The van der Waals surface area contributed by atoms with Crippen LogP contribution >= 0.6 is 38.6 Å². The highest BCUT2D eigenvalue weighted by atomic mass is 79.9. The van der Waals surface area contributed by atoms with Crippen molar-refractivity contribution in [3.8, 4) is 0 Å². The Kier molecular flexibility index (Phi) is 4.10. The third kappa shape index (κ3) is 2.89. The standard InChI is InChI=1S/C10H12BrN3S2/c1-6-13-8(5-15-6)3-9(14-12)10-2-7(11)4-16-10/h2,4-5,9,14H,3,12H2,1H3. The molecule has 0 spiro atoms. The minimum Gasteiger partial charge on any atom is -0.271 e. The van der Waals surface area contributed by atoms with Crippen LogP contribution in [0.3, 0.4) is 0 Å². The molecule has 0 amide bonds. The number of aryl methyl sites for hydroxylation is 1. The number of thiophene rings is 1. The van der Waals surface area contributed by atoms with Gasteiger partial charge in [0.15, 0.2) is 0 Å². The topological polar surface area (TPSA) is 50.9 Å². The van der Waals surface area contributed by atoms with E-state index < -0.39 is 0 Å². The van der Waals surface area contributed by atoms with Crippen molar-refractivity contribution in [1.82, 2.24) is 10.4 Å². The van der Waals surface area contributed by atoms with E-state index in [0.717, 1.165) is 21.6 Å². The summed E-state index contributed by atoms with van der Waals surface area (Å²) in [7, 11) is 0. The molecule has 0 aromatic carbocycles. The van der Waals surface area contributed by atoms with Crippen molar-refractivity contribution in [2.75, 3.05) is 0 Å². The summed E-state index contributed by atoms with van der Waals surface area (Å²) in [5, 5.41) is 5.24. The lowest BCUT2D eigenvalue weighted by atomic mass is 10.1. The first-order chi connectivity index (χ1) is 7.69. The van der Waals surface area contributed by atoms with Gasteiger partial charge in [0.05, 0.1) is 16.7 Å². The van der Waals surface area contributed by atoms with Gasteiger partial charge in [-0.15, -0.1) is 22.7 Å². The largest absolute Gasteiger partial charge is 0.271 e. The predicted octanol–water partition coefficient (Wildman–Crippen LogP) is 3.02. The van der Waals surface area contributed by atoms with Crippen molar-refractivity contribution >= 4 is 38.6 Å². The first kappa shape index (κ1) is 12.2. The molecule has 0 aliphatic rings. The first-order valence-corrected chi connectivity index (χ1v) is 7.35. The normalized spacial score (nSPS) is 12.9. The number of hydrazine groups is 1. The lowest BCUT2D eigenvalue weighted by molar-refractivity contribution is 0.555. The van der Waals surface area contributed by atoms with Crippen LogP contribution in [0.15, 0.2) is 21.3 Å². The molecule has 1 atom stereocenters. The fourth-order valence-electron chi connectivity index (χ4n) is 1.46. The molecule has 0 aliphatic heterocycles. The molecule has 16 heavy (non-hydrogen) atoms. The van der Waals surface area contributed by atoms with E-state index in [2.05, 4.69) is 43.2 Å². The van der Waals surface area contributed by atoms with Crippen molar-refractivity contribution in [1.29, 1.82) is 0 Å². The van der Waals surface area contributed by atoms with E-state index in [1.165, 1.54) is 4.88 Å². The Morgan fingerprint density at radius 1 is 1.50 bits per heavy atom. The van der Waals surface area contributed by atoms with Crippen LogP contribution in [0.4, 0.5) is 0 Å². The molecule has 0 saturated carbocycles. The lowest BCUT2D eigenvalue weighted by Crippen LogP contribution is -2.29. The second-order valence-corrected chi connectivity index (χ2v) is 6.37. The van der Waals surface area contributed by atoms with E-state index in [4.69, 9.17) is 5.84 Å². The van der Waals surface area contributed by atoms with E-state index in [9.17, 15) is 0 Å². The molecular formula is C10H12BrN3S2. The molecule has 3 N–H and O–H groups in total. The maximum Gasteiger partial charge on any atom is 0.0897 e. The van der Waals surface area contributed by atoms with E-state index in [1.54, 1.807) is 22.7 Å². The van der Waals surface area contributed by atoms with Gasteiger partial charge in [-0.3, -0.25) is 11.3 Å². The van der Waals surface area contributed by atoms with Crippen LogP contribution in [0.25, 0.3) is 0 Å². The minimum absolute atomic E-state index is 0.137. The molecule has 2 rings (SSSR count). The number of rotatable bonds is 4. The molecular weight excluding hydrogens is 306 g/mol. The van der Waals surface area contributed by atoms with Gasteiger partial charge in [-0.1, -0.05) is 0 Å². The summed E-state index contributed by atoms with van der Waals surface area (Å²) in [5.41, 5.74) is 3.94. The average molecular weight is 318 g/mol. The van der Waals surface area contributed by atoms with Crippen LogP contribution in [0, 0.1) is 6.92 Å². The maximum atomic E-state index is 5.59. The van der Waals surface area contributed by atoms with Gasteiger partial charge in [0.25, 0.3) is 0 Å². The lowest BCUT2D eigenvalue weighted by Gasteiger charge is -2.12. The summed E-state index contributed by atoms with van der Waals surface area (Å²) in [6.07, 6.45) is 0.827. The number of hydrogen-bond acceptors (Lipinski definition) is 5. The zero-order valence-electron chi connectivity index (χ0n) is 8.74. The summed E-state index contributed by atoms with van der Waals surface area (Å²) in [6.45, 7) is 2.01. The zero-order valence-corrected chi connectivity index (χ0v) is 12.0. The molecule has 0 radical (unpaired) electrons. The molecule has 2 aromatic heterocycles. The molecule has 0 aliphatic carbocycles. The van der Waals surface area contributed by atoms with Crippen LogP contribution in [-0.2, 0) is 6.42 Å². The van der Waals surface area contributed by atoms with Gasteiger partial charge < -0.3 is 0 Å². The molecule has 6 heteroatoms. The van der Waals surface area contributed by atoms with Gasteiger partial charge in [-0.25, -0.2) is 4.98 Å². The van der Waals surface area contributed by atoms with Crippen molar-refractivity contribution in [3.63, 3.8) is 0 Å². The third-order valence-electron chi connectivity index (χ3n) is 2.21. The summed E-state index contributed by atoms with van der Waals surface area (Å²) < 4.78 is 1.10. The Labute approximate surface area is 111 Å². The molecule has 86 valence electrons. The number of nitrogens with zero attached hydrogens (tertiary/aromatic N) is 1. The highest BCUT2D eigenvalue weighted by Gasteiger charge is 2.14. The second-order valence-electron chi connectivity index (χ2n) is 3.45. The second kappa shape index (κ2) is 5.37. The molecule has 0 bridgehead atoms. The molecule has 0 saturated heterocycles. The Morgan fingerprint density at radius 3 is 2.81 bits per heavy atom. The van der Waals surface area contributed by atoms with Crippen LogP contribution < -0.4 is 11.3 Å². The number of thiazole rings is 1. The Bertz CT molecular complexity index is 466. The van der Waals surface area contributed by atoms with E-state index in [-0.39, 0.29) is 6.04 Å². The summed E-state index contributed by atoms with van der Waals surface area (Å²) in [4.78, 5) is 5.67. The van der Waals surface area contributed by atoms with Gasteiger partial charge in [0, 0.05) is 26.5 Å². The van der Waals surface area contributed by atoms with Crippen molar-refractivity contribution < 1.29 is 0 Å². The molecule has 1 unspecified atom stereocenters. The van der Waals surface area contributed by atoms with Crippen LogP contribution in [0.5, 0.6) is 0 Å². The van der Waals surface area contributed by atoms with Crippen LogP contribution in [0.2, 0.25) is 0 Å². The van der Waals surface area contributed by atoms with Gasteiger partial charge in [-0.2, -0.15) is 0 Å². The Morgan fingerprint density at radius 2 is 2.31 bits per heavy atom. The van der Waals surface area contributed by atoms with Crippen LogP contribution in [0.1, 0.15) is 21.6 Å². The minimum atomic E-state index is 0.137. The van der Waals surface area contributed by atoms with Gasteiger partial charge in [-0.05, 0) is 28.9 Å². The molecule has 2 heterocycles. The smallest absolute Gasteiger partial charge is 0.0897 e. The number of halogens is 1. The highest BCUT2D eigenvalue weighted by Crippen LogP contribution is 2.27.